The summed E-state index contributed by atoms with van der Waals surface area (Å²) in [5, 5.41) is 2.58. The van der Waals surface area contributed by atoms with Crippen LogP contribution in [0.25, 0.3) is 0 Å². The van der Waals surface area contributed by atoms with Gasteiger partial charge in [-0.15, -0.1) is 0 Å². The van der Waals surface area contributed by atoms with E-state index in [0.717, 1.165) is 11.8 Å². The van der Waals surface area contributed by atoms with Crippen LogP contribution in [0.15, 0.2) is 42.5 Å². The van der Waals surface area contributed by atoms with E-state index in [2.05, 4.69) is 5.32 Å². The summed E-state index contributed by atoms with van der Waals surface area (Å²) < 4.78 is 18.1. The normalized spacial score (nSPS) is 10.2. The van der Waals surface area contributed by atoms with Gasteiger partial charge in [-0.1, -0.05) is 17.7 Å². The molecule has 2 aromatic rings. The average molecular weight is 351 g/mol. The molecule has 126 valence electrons. The molecule has 0 radical (unpaired) electrons. The molecule has 0 spiro atoms. The Morgan fingerprint density at radius 3 is 2.67 bits per heavy atom. The number of amides is 1. The lowest BCUT2D eigenvalue weighted by atomic mass is 10.2. The highest BCUT2D eigenvalue weighted by molar-refractivity contribution is 6.33. The Kier molecular flexibility index (Phi) is 5.76. The van der Waals surface area contributed by atoms with Crippen LogP contribution in [0.4, 0.5) is 15.8 Å². The van der Waals surface area contributed by atoms with E-state index >= 15 is 0 Å². The van der Waals surface area contributed by atoms with Crippen molar-refractivity contribution < 1.29 is 18.7 Å². The summed E-state index contributed by atoms with van der Waals surface area (Å²) in [4.78, 5) is 25.6. The summed E-state index contributed by atoms with van der Waals surface area (Å²) >= 11 is 5.85. The maximum Gasteiger partial charge on any atom is 0.338 e. The molecule has 2 rings (SSSR count). The number of benzene rings is 2. The van der Waals surface area contributed by atoms with Crippen LogP contribution in [0.5, 0.6) is 0 Å². The average Bonchev–Trinajstić information content (AvgIpc) is 2.56. The lowest BCUT2D eigenvalue weighted by molar-refractivity contribution is -0.119. The van der Waals surface area contributed by atoms with Crippen LogP contribution in [-0.4, -0.2) is 32.6 Å². The number of hydrogen-bond donors (Lipinski definition) is 1. The van der Waals surface area contributed by atoms with Crippen molar-refractivity contribution in [2.45, 2.75) is 0 Å². The van der Waals surface area contributed by atoms with Gasteiger partial charge in [0.15, 0.2) is 6.61 Å². The Morgan fingerprint density at radius 1 is 1.21 bits per heavy atom. The second-order valence-corrected chi connectivity index (χ2v) is 5.60. The highest BCUT2D eigenvalue weighted by atomic mass is 35.5. The summed E-state index contributed by atoms with van der Waals surface area (Å²) in [6.07, 6.45) is 0. The molecule has 1 N–H and O–H groups in total. The maximum atomic E-state index is 13.1. The SMILES string of the molecule is CN(C)c1cccc(C(=O)OCC(=O)Nc2cc(F)ccc2Cl)c1. The minimum atomic E-state index is -0.626. The number of carbonyl (C=O) groups excluding carboxylic acids is 2. The first-order valence-corrected chi connectivity index (χ1v) is 7.44. The van der Waals surface area contributed by atoms with Crippen LogP contribution in [0, 0.1) is 5.82 Å². The molecular formula is C17H16ClFN2O3. The Morgan fingerprint density at radius 2 is 1.96 bits per heavy atom. The molecule has 0 atom stereocenters. The van der Waals surface area contributed by atoms with E-state index in [1.807, 2.05) is 25.1 Å². The van der Waals surface area contributed by atoms with Crippen molar-refractivity contribution in [1.82, 2.24) is 0 Å². The van der Waals surface area contributed by atoms with Gasteiger partial charge < -0.3 is 15.0 Å². The number of ether oxygens (including phenoxy) is 1. The van der Waals surface area contributed by atoms with Crippen LogP contribution in [0.3, 0.4) is 0 Å². The molecule has 0 aliphatic heterocycles. The first-order valence-electron chi connectivity index (χ1n) is 7.06. The van der Waals surface area contributed by atoms with E-state index in [9.17, 15) is 14.0 Å². The standard InChI is InChI=1S/C17H16ClFN2O3/c1-21(2)13-5-3-4-11(8-13)17(23)24-10-16(22)20-15-9-12(19)6-7-14(15)18/h3-9H,10H2,1-2H3,(H,20,22). The minimum Gasteiger partial charge on any atom is -0.452 e. The Bertz CT molecular complexity index is 765. The third-order valence-electron chi connectivity index (χ3n) is 3.14. The van der Waals surface area contributed by atoms with Crippen molar-refractivity contribution >= 4 is 34.9 Å². The zero-order valence-corrected chi connectivity index (χ0v) is 13.9. The highest BCUT2D eigenvalue weighted by Gasteiger charge is 2.12. The number of anilines is 2. The number of hydrogen-bond acceptors (Lipinski definition) is 4. The molecule has 5 nitrogen and oxygen atoms in total. The molecule has 0 aliphatic rings. The summed E-state index contributed by atoms with van der Waals surface area (Å²) in [5.74, 6) is -1.77. The Labute approximate surface area is 144 Å². The topological polar surface area (TPSA) is 58.6 Å². The quantitative estimate of drug-likeness (QED) is 0.840. The maximum absolute atomic E-state index is 13.1. The monoisotopic (exact) mass is 350 g/mol. The summed E-state index contributed by atoms with van der Waals surface area (Å²) in [7, 11) is 3.70. The summed E-state index contributed by atoms with van der Waals surface area (Å²) in [5.41, 5.74) is 1.28. The van der Waals surface area contributed by atoms with Crippen molar-refractivity contribution in [3.63, 3.8) is 0 Å². The number of esters is 1. The van der Waals surface area contributed by atoms with E-state index in [1.165, 1.54) is 12.1 Å². The molecule has 0 unspecified atom stereocenters. The van der Waals surface area contributed by atoms with Crippen molar-refractivity contribution in [3.05, 3.63) is 58.9 Å². The summed E-state index contributed by atoms with van der Waals surface area (Å²) in [6, 6.07) is 10.4. The van der Waals surface area contributed by atoms with Gasteiger partial charge in [0, 0.05) is 19.8 Å². The molecule has 0 bridgehead atoms. The zero-order valence-electron chi connectivity index (χ0n) is 13.2. The molecule has 2 aromatic carbocycles. The highest BCUT2D eigenvalue weighted by Crippen LogP contribution is 2.22. The lowest BCUT2D eigenvalue weighted by Crippen LogP contribution is -2.21. The van der Waals surface area contributed by atoms with E-state index < -0.39 is 24.3 Å². The molecule has 0 aliphatic carbocycles. The molecule has 0 fully saturated rings. The van der Waals surface area contributed by atoms with Crippen LogP contribution >= 0.6 is 11.6 Å². The number of rotatable bonds is 5. The predicted molar refractivity (Wildman–Crippen MR) is 91.1 cm³/mol. The van der Waals surface area contributed by atoms with E-state index in [-0.39, 0.29) is 10.7 Å². The molecule has 24 heavy (non-hydrogen) atoms. The van der Waals surface area contributed by atoms with Crippen molar-refractivity contribution in [3.8, 4) is 0 Å². The fourth-order valence-corrected chi connectivity index (χ4v) is 2.07. The van der Waals surface area contributed by atoms with Crippen LogP contribution in [-0.2, 0) is 9.53 Å². The van der Waals surface area contributed by atoms with E-state index in [0.29, 0.717) is 5.56 Å². The zero-order chi connectivity index (χ0) is 17.7. The van der Waals surface area contributed by atoms with E-state index in [1.54, 1.807) is 18.2 Å². The van der Waals surface area contributed by atoms with Crippen molar-refractivity contribution in [1.29, 1.82) is 0 Å². The third kappa shape index (κ3) is 4.70. The second-order valence-electron chi connectivity index (χ2n) is 5.19. The van der Waals surface area contributed by atoms with Gasteiger partial charge in [0.2, 0.25) is 0 Å². The molecule has 0 aromatic heterocycles. The van der Waals surface area contributed by atoms with Gasteiger partial charge in [-0.3, -0.25) is 4.79 Å². The van der Waals surface area contributed by atoms with E-state index in [4.69, 9.17) is 16.3 Å². The largest absolute Gasteiger partial charge is 0.452 e. The van der Waals surface area contributed by atoms with Gasteiger partial charge in [0.05, 0.1) is 16.3 Å². The Hall–Kier alpha value is -2.60. The Balaban J connectivity index is 1.95. The second kappa shape index (κ2) is 7.79. The summed E-state index contributed by atoms with van der Waals surface area (Å²) in [6.45, 7) is -0.502. The van der Waals surface area contributed by atoms with Crippen LogP contribution < -0.4 is 10.2 Å². The number of nitrogens with zero attached hydrogens (tertiary/aromatic N) is 1. The number of nitrogens with one attached hydrogen (secondary N) is 1. The third-order valence-corrected chi connectivity index (χ3v) is 3.46. The molecule has 1 amide bonds. The molecular weight excluding hydrogens is 335 g/mol. The molecule has 7 heteroatoms. The fraction of sp³-hybridized carbons (Fsp3) is 0.176. The van der Waals surface area contributed by atoms with Crippen molar-refractivity contribution in [2.75, 3.05) is 30.9 Å². The molecule has 0 heterocycles. The first kappa shape index (κ1) is 17.7. The van der Waals surface area contributed by atoms with Gasteiger partial charge in [-0.2, -0.15) is 0 Å². The van der Waals surface area contributed by atoms with Gasteiger partial charge >= 0.3 is 5.97 Å². The van der Waals surface area contributed by atoms with Gasteiger partial charge in [0.25, 0.3) is 5.91 Å². The van der Waals surface area contributed by atoms with Crippen LogP contribution in [0.1, 0.15) is 10.4 Å². The van der Waals surface area contributed by atoms with Crippen molar-refractivity contribution in [2.24, 2.45) is 0 Å². The fourth-order valence-electron chi connectivity index (χ4n) is 1.91. The smallest absolute Gasteiger partial charge is 0.338 e. The lowest BCUT2D eigenvalue weighted by Gasteiger charge is -2.13. The minimum absolute atomic E-state index is 0.118. The predicted octanol–water partition coefficient (Wildman–Crippen LogP) is 3.34. The van der Waals surface area contributed by atoms with Crippen LogP contribution in [0.2, 0.25) is 5.02 Å². The molecule has 0 saturated carbocycles. The number of halogens is 2. The molecule has 0 saturated heterocycles. The van der Waals surface area contributed by atoms with Gasteiger partial charge in [-0.05, 0) is 36.4 Å². The first-order chi connectivity index (χ1) is 11.4. The number of carbonyl (C=O) groups is 2. The van der Waals surface area contributed by atoms with Gasteiger partial charge in [0.1, 0.15) is 5.82 Å². The van der Waals surface area contributed by atoms with Gasteiger partial charge in [-0.25, -0.2) is 9.18 Å².